The van der Waals surface area contributed by atoms with E-state index in [0.29, 0.717) is 35.8 Å². The molecule has 0 saturated carbocycles. The number of hydrogen-bond donors (Lipinski definition) is 4. The Morgan fingerprint density at radius 3 is 2.42 bits per heavy atom. The first-order valence-electron chi connectivity index (χ1n) is 11.5. The summed E-state index contributed by atoms with van der Waals surface area (Å²) in [7, 11) is 0. The van der Waals surface area contributed by atoms with Crippen LogP contribution in [0.3, 0.4) is 0 Å². The van der Waals surface area contributed by atoms with Crippen molar-refractivity contribution in [3.63, 3.8) is 0 Å². The smallest absolute Gasteiger partial charge is 0.368 e. The van der Waals surface area contributed by atoms with Crippen LogP contribution in [0.4, 0.5) is 30.6 Å². The van der Waals surface area contributed by atoms with E-state index < -0.39 is 34.6 Å². The number of nitrogens with one attached hydrogen (secondary N) is 4. The highest BCUT2D eigenvalue weighted by molar-refractivity contribution is 7.13. The van der Waals surface area contributed by atoms with Crippen molar-refractivity contribution in [1.29, 1.82) is 0 Å². The van der Waals surface area contributed by atoms with E-state index in [1.54, 1.807) is 25.5 Å². The monoisotopic (exact) mass is 592 g/mol. The molecule has 4 N–H and O–H groups in total. The van der Waals surface area contributed by atoms with Crippen LogP contribution in [-0.2, 0) is 6.18 Å². The number of anilines is 3. The molecule has 0 aromatic carbocycles. The first-order chi connectivity index (χ1) is 19.1. The average Bonchev–Trinajstić information content (AvgIpc) is 3.43. The lowest BCUT2D eigenvalue weighted by molar-refractivity contribution is -0.137. The second kappa shape index (κ2) is 12.6. The zero-order chi connectivity index (χ0) is 28.7. The lowest BCUT2D eigenvalue weighted by Gasteiger charge is -2.12. The summed E-state index contributed by atoms with van der Waals surface area (Å²) in [6, 6.07) is 1.52. The molecular formula is C23H20ClF3N10O2S. The molecule has 0 aliphatic rings. The molecule has 4 rings (SSSR count). The Morgan fingerprint density at radius 2 is 1.70 bits per heavy atom. The van der Waals surface area contributed by atoms with Gasteiger partial charge in [-0.2, -0.15) is 13.2 Å². The van der Waals surface area contributed by atoms with Gasteiger partial charge in [0.15, 0.2) is 0 Å². The molecule has 208 valence electrons. The van der Waals surface area contributed by atoms with Gasteiger partial charge in [-0.25, -0.2) is 24.9 Å². The van der Waals surface area contributed by atoms with Gasteiger partial charge in [-0.3, -0.25) is 14.6 Å². The number of hydrogen-bond acceptors (Lipinski definition) is 11. The first kappa shape index (κ1) is 28.6. The maximum Gasteiger partial charge on any atom is 0.418 e. The first-order valence-corrected chi connectivity index (χ1v) is 12.7. The van der Waals surface area contributed by atoms with Crippen molar-refractivity contribution in [2.75, 3.05) is 29.0 Å². The molecule has 0 bridgehead atoms. The van der Waals surface area contributed by atoms with E-state index in [1.807, 2.05) is 0 Å². The van der Waals surface area contributed by atoms with Crippen molar-refractivity contribution in [2.24, 2.45) is 0 Å². The normalized spacial score (nSPS) is 11.9. The maximum atomic E-state index is 13.1. The van der Waals surface area contributed by atoms with Crippen molar-refractivity contribution >= 4 is 52.2 Å². The summed E-state index contributed by atoms with van der Waals surface area (Å²) in [4.78, 5) is 49.4. The molecule has 40 heavy (non-hydrogen) atoms. The van der Waals surface area contributed by atoms with Crippen molar-refractivity contribution in [3.8, 4) is 0 Å². The minimum Gasteiger partial charge on any atom is -0.368 e. The summed E-state index contributed by atoms with van der Waals surface area (Å²) in [6.07, 6.45) is 3.33. The average molecular weight is 593 g/mol. The van der Waals surface area contributed by atoms with Gasteiger partial charge in [0.1, 0.15) is 39.4 Å². The van der Waals surface area contributed by atoms with E-state index in [2.05, 4.69) is 51.2 Å². The maximum absolute atomic E-state index is 13.1. The third kappa shape index (κ3) is 7.57. The summed E-state index contributed by atoms with van der Waals surface area (Å²) in [5.41, 5.74) is -1.02. The van der Waals surface area contributed by atoms with Crippen LogP contribution in [0.25, 0.3) is 0 Å². The van der Waals surface area contributed by atoms with Gasteiger partial charge in [0, 0.05) is 37.7 Å². The van der Waals surface area contributed by atoms with E-state index in [4.69, 9.17) is 11.6 Å². The number of amides is 2. The number of thiazole rings is 1. The van der Waals surface area contributed by atoms with Crippen LogP contribution < -0.4 is 21.3 Å². The standard InChI is InChI=1S/C23H20ClF3N10O2S/c1-12(22-33-9-16(40-22)21(39)37-18-6-13(23(25,26)27)14(24)8-32-18)36-20(38)15-7-17(35-11-34-15)29-4-5-31-19-10-28-2-3-30-19/h2-3,6-12H,4-5H2,1H3,(H,30,31)(H,36,38)(H,29,34,35)(H,32,37,39). The van der Waals surface area contributed by atoms with Gasteiger partial charge in [0.25, 0.3) is 11.8 Å². The highest BCUT2D eigenvalue weighted by atomic mass is 35.5. The van der Waals surface area contributed by atoms with E-state index in [-0.39, 0.29) is 16.4 Å². The predicted molar refractivity (Wildman–Crippen MR) is 141 cm³/mol. The fourth-order valence-electron chi connectivity index (χ4n) is 3.18. The molecule has 12 nitrogen and oxygen atoms in total. The van der Waals surface area contributed by atoms with Crippen molar-refractivity contribution < 1.29 is 22.8 Å². The minimum atomic E-state index is -4.71. The fraction of sp³-hybridized carbons (Fsp3) is 0.217. The quantitative estimate of drug-likeness (QED) is 0.198. The van der Waals surface area contributed by atoms with Crippen LogP contribution in [-0.4, -0.2) is 54.8 Å². The predicted octanol–water partition coefficient (Wildman–Crippen LogP) is 4.06. The van der Waals surface area contributed by atoms with E-state index in [9.17, 15) is 22.8 Å². The lowest BCUT2D eigenvalue weighted by Crippen LogP contribution is -2.27. The van der Waals surface area contributed by atoms with E-state index in [0.717, 1.165) is 17.5 Å². The number of carbonyl (C=O) groups excluding carboxylic acids is 2. The zero-order valence-electron chi connectivity index (χ0n) is 20.5. The van der Waals surface area contributed by atoms with Gasteiger partial charge in [-0.05, 0) is 13.0 Å². The minimum absolute atomic E-state index is 0.102. The van der Waals surface area contributed by atoms with Crippen molar-refractivity contribution in [2.45, 2.75) is 19.1 Å². The Kier molecular flexibility index (Phi) is 9.00. The number of alkyl halides is 3. The molecule has 1 atom stereocenters. The highest BCUT2D eigenvalue weighted by Crippen LogP contribution is 2.35. The summed E-state index contributed by atoms with van der Waals surface area (Å²) in [5, 5.41) is 11.0. The molecule has 0 radical (unpaired) electrons. The number of rotatable bonds is 10. The van der Waals surface area contributed by atoms with Crippen LogP contribution in [0.1, 0.15) is 43.7 Å². The Balaban J connectivity index is 1.31. The highest BCUT2D eigenvalue weighted by Gasteiger charge is 2.34. The van der Waals surface area contributed by atoms with Gasteiger partial charge in [-0.1, -0.05) is 11.6 Å². The molecule has 4 aromatic rings. The molecule has 0 fully saturated rings. The van der Waals surface area contributed by atoms with Gasteiger partial charge in [0.05, 0.1) is 29.0 Å². The molecule has 4 aromatic heterocycles. The molecule has 0 saturated heterocycles. The topological polar surface area (TPSA) is 160 Å². The van der Waals surface area contributed by atoms with E-state index >= 15 is 0 Å². The Bertz CT molecular complexity index is 1490. The Labute approximate surface area is 233 Å². The van der Waals surface area contributed by atoms with Crippen LogP contribution in [0.5, 0.6) is 0 Å². The van der Waals surface area contributed by atoms with Gasteiger partial charge in [-0.15, -0.1) is 11.3 Å². The number of carbonyl (C=O) groups is 2. The number of halogens is 4. The molecule has 1 unspecified atom stereocenters. The fourth-order valence-corrected chi connectivity index (χ4v) is 4.20. The van der Waals surface area contributed by atoms with Crippen molar-refractivity contribution in [3.05, 3.63) is 75.6 Å². The van der Waals surface area contributed by atoms with Gasteiger partial charge < -0.3 is 21.3 Å². The number of aromatic nitrogens is 6. The third-order valence-electron chi connectivity index (χ3n) is 5.07. The molecular weight excluding hydrogens is 573 g/mol. The van der Waals surface area contributed by atoms with Crippen LogP contribution >= 0.6 is 22.9 Å². The summed E-state index contributed by atoms with van der Waals surface area (Å²) < 4.78 is 39.2. The van der Waals surface area contributed by atoms with Crippen molar-refractivity contribution in [1.82, 2.24) is 35.2 Å². The van der Waals surface area contributed by atoms with Gasteiger partial charge >= 0.3 is 6.18 Å². The second-order valence-corrected chi connectivity index (χ2v) is 9.46. The molecule has 0 aliphatic carbocycles. The largest absolute Gasteiger partial charge is 0.418 e. The molecule has 17 heteroatoms. The summed E-state index contributed by atoms with van der Waals surface area (Å²) in [5.74, 6) is -0.476. The molecule has 2 amide bonds. The van der Waals surface area contributed by atoms with E-state index in [1.165, 1.54) is 18.6 Å². The van der Waals surface area contributed by atoms with Crippen LogP contribution in [0, 0.1) is 0 Å². The molecule has 4 heterocycles. The lowest BCUT2D eigenvalue weighted by atomic mass is 10.2. The Morgan fingerprint density at radius 1 is 0.925 bits per heavy atom. The number of nitrogens with zero attached hydrogens (tertiary/aromatic N) is 6. The second-order valence-electron chi connectivity index (χ2n) is 7.99. The van der Waals surface area contributed by atoms with Crippen LogP contribution in [0.15, 0.2) is 49.4 Å². The number of pyridine rings is 1. The molecule has 0 aliphatic heterocycles. The summed E-state index contributed by atoms with van der Waals surface area (Å²) in [6.45, 7) is 2.67. The molecule has 0 spiro atoms. The van der Waals surface area contributed by atoms with Crippen LogP contribution in [0.2, 0.25) is 5.02 Å². The van der Waals surface area contributed by atoms with Gasteiger partial charge in [0.2, 0.25) is 0 Å². The Hall–Kier alpha value is -4.44. The third-order valence-corrected chi connectivity index (χ3v) is 6.55. The SMILES string of the molecule is CC(NC(=O)c1cc(NCCNc2cnccn2)ncn1)c1ncc(C(=O)Nc2cc(C(F)(F)F)c(Cl)cn2)s1. The summed E-state index contributed by atoms with van der Waals surface area (Å²) >= 11 is 6.52. The zero-order valence-corrected chi connectivity index (χ0v) is 22.1.